The summed E-state index contributed by atoms with van der Waals surface area (Å²) < 4.78 is 20.7. The lowest BCUT2D eigenvalue weighted by molar-refractivity contribution is 0.0527. The summed E-state index contributed by atoms with van der Waals surface area (Å²) >= 11 is 0. The van der Waals surface area contributed by atoms with Crippen LogP contribution in [-0.2, 0) is 4.74 Å². The zero-order chi connectivity index (χ0) is 14.8. The van der Waals surface area contributed by atoms with E-state index < -0.39 is 11.8 Å². The minimum Gasteiger partial charge on any atom is -0.462 e. The largest absolute Gasteiger partial charge is 0.462 e. The standard InChI is InChI=1S/C15H12FN3O2/c1-2-21-15(20)11-7-8-19-14(17-9-18-19)13(11)10-5-3-4-6-12(10)16/h3-9H,2H2,1H3. The quantitative estimate of drug-likeness (QED) is 0.694. The summed E-state index contributed by atoms with van der Waals surface area (Å²) in [7, 11) is 0. The summed E-state index contributed by atoms with van der Waals surface area (Å²) in [5, 5.41) is 4.01. The first-order valence-corrected chi connectivity index (χ1v) is 6.46. The SMILES string of the molecule is CCOC(=O)c1ccn2ncnc2c1-c1ccccc1F. The van der Waals surface area contributed by atoms with Gasteiger partial charge in [0.2, 0.25) is 0 Å². The average Bonchev–Trinajstić information content (AvgIpc) is 2.95. The fraction of sp³-hybridized carbons (Fsp3) is 0.133. The summed E-state index contributed by atoms with van der Waals surface area (Å²) in [6, 6.07) is 7.79. The minimum absolute atomic E-state index is 0.243. The maximum Gasteiger partial charge on any atom is 0.338 e. The molecule has 0 saturated carbocycles. The zero-order valence-electron chi connectivity index (χ0n) is 11.3. The first kappa shape index (κ1) is 13.2. The maximum atomic E-state index is 14.1. The molecule has 0 fully saturated rings. The average molecular weight is 285 g/mol. The normalized spacial score (nSPS) is 10.8. The monoisotopic (exact) mass is 285 g/mol. The van der Waals surface area contributed by atoms with Crippen LogP contribution in [0.5, 0.6) is 0 Å². The minimum atomic E-state index is -0.513. The first-order valence-electron chi connectivity index (χ1n) is 6.46. The lowest BCUT2D eigenvalue weighted by atomic mass is 10.0. The maximum absolute atomic E-state index is 14.1. The number of halogens is 1. The van der Waals surface area contributed by atoms with Gasteiger partial charge >= 0.3 is 5.97 Å². The van der Waals surface area contributed by atoms with E-state index >= 15 is 0 Å². The third-order valence-corrected chi connectivity index (χ3v) is 3.09. The van der Waals surface area contributed by atoms with Gasteiger partial charge in [0.05, 0.1) is 12.2 Å². The van der Waals surface area contributed by atoms with Gasteiger partial charge in [-0.25, -0.2) is 18.7 Å². The van der Waals surface area contributed by atoms with E-state index in [4.69, 9.17) is 4.74 Å². The number of carbonyl (C=O) groups excluding carboxylic acids is 1. The summed E-state index contributed by atoms with van der Waals surface area (Å²) in [6.07, 6.45) is 2.95. The van der Waals surface area contributed by atoms with Gasteiger partial charge < -0.3 is 4.74 Å². The van der Waals surface area contributed by atoms with E-state index in [-0.39, 0.29) is 12.2 Å². The van der Waals surface area contributed by atoms with E-state index in [1.807, 2.05) is 0 Å². The van der Waals surface area contributed by atoms with Crippen LogP contribution >= 0.6 is 0 Å². The molecular formula is C15H12FN3O2. The number of rotatable bonds is 3. The Morgan fingerprint density at radius 1 is 1.33 bits per heavy atom. The lowest BCUT2D eigenvalue weighted by Gasteiger charge is -2.10. The molecule has 0 spiro atoms. The summed E-state index contributed by atoms with van der Waals surface area (Å²) in [4.78, 5) is 16.2. The lowest BCUT2D eigenvalue weighted by Crippen LogP contribution is -2.08. The van der Waals surface area contributed by atoms with E-state index in [2.05, 4.69) is 10.1 Å². The number of esters is 1. The highest BCUT2D eigenvalue weighted by Crippen LogP contribution is 2.30. The van der Waals surface area contributed by atoms with Crippen LogP contribution in [0.4, 0.5) is 4.39 Å². The van der Waals surface area contributed by atoms with Crippen LogP contribution in [0.2, 0.25) is 0 Å². The van der Waals surface area contributed by atoms with Crippen molar-refractivity contribution in [2.24, 2.45) is 0 Å². The van der Waals surface area contributed by atoms with Crippen LogP contribution in [0.25, 0.3) is 16.8 Å². The number of pyridine rings is 1. The molecule has 5 nitrogen and oxygen atoms in total. The number of aromatic nitrogens is 3. The van der Waals surface area contributed by atoms with Crippen molar-refractivity contribution in [1.82, 2.24) is 14.6 Å². The molecule has 0 saturated heterocycles. The van der Waals surface area contributed by atoms with E-state index in [0.29, 0.717) is 16.8 Å². The molecule has 0 radical (unpaired) electrons. The molecule has 0 atom stereocenters. The van der Waals surface area contributed by atoms with Crippen molar-refractivity contribution < 1.29 is 13.9 Å². The Bertz CT molecular complexity index is 814. The molecule has 2 aromatic heterocycles. The Hall–Kier alpha value is -2.76. The first-order chi connectivity index (χ1) is 10.2. The number of hydrogen-bond acceptors (Lipinski definition) is 4. The van der Waals surface area contributed by atoms with Crippen LogP contribution in [0.15, 0.2) is 42.9 Å². The highest BCUT2D eigenvalue weighted by atomic mass is 19.1. The molecule has 0 unspecified atom stereocenters. The van der Waals surface area contributed by atoms with Gasteiger partial charge in [0.1, 0.15) is 12.1 Å². The van der Waals surface area contributed by atoms with Gasteiger partial charge in [0.25, 0.3) is 0 Å². The number of carbonyl (C=O) groups is 1. The highest BCUT2D eigenvalue weighted by molar-refractivity contribution is 6.01. The van der Waals surface area contributed by atoms with Crippen molar-refractivity contribution in [3.63, 3.8) is 0 Å². The molecule has 0 aliphatic heterocycles. The second kappa shape index (κ2) is 5.32. The van der Waals surface area contributed by atoms with E-state index in [1.54, 1.807) is 37.4 Å². The van der Waals surface area contributed by atoms with Gasteiger partial charge in [-0.05, 0) is 19.1 Å². The molecule has 0 amide bonds. The number of hydrogen-bond donors (Lipinski definition) is 0. The highest BCUT2D eigenvalue weighted by Gasteiger charge is 2.20. The van der Waals surface area contributed by atoms with Crippen LogP contribution in [0.1, 0.15) is 17.3 Å². The van der Waals surface area contributed by atoms with Crippen molar-refractivity contribution in [2.45, 2.75) is 6.92 Å². The van der Waals surface area contributed by atoms with Crippen molar-refractivity contribution >= 4 is 11.6 Å². The molecule has 0 aliphatic rings. The number of ether oxygens (including phenoxy) is 1. The topological polar surface area (TPSA) is 56.5 Å². The van der Waals surface area contributed by atoms with E-state index in [9.17, 15) is 9.18 Å². The molecule has 3 aromatic rings. The van der Waals surface area contributed by atoms with Crippen molar-refractivity contribution in [1.29, 1.82) is 0 Å². The Kier molecular flexibility index (Phi) is 3.35. The molecule has 3 rings (SSSR count). The molecule has 0 bridgehead atoms. The van der Waals surface area contributed by atoms with Crippen LogP contribution < -0.4 is 0 Å². The summed E-state index contributed by atoms with van der Waals surface area (Å²) in [5.41, 5.74) is 1.35. The van der Waals surface area contributed by atoms with Gasteiger partial charge in [-0.1, -0.05) is 18.2 Å². The van der Waals surface area contributed by atoms with Crippen LogP contribution in [0.3, 0.4) is 0 Å². The van der Waals surface area contributed by atoms with E-state index in [1.165, 1.54) is 16.9 Å². The summed E-state index contributed by atoms with van der Waals surface area (Å²) in [6.45, 7) is 1.96. The predicted molar refractivity (Wildman–Crippen MR) is 74.3 cm³/mol. The molecular weight excluding hydrogens is 273 g/mol. The van der Waals surface area contributed by atoms with E-state index in [0.717, 1.165) is 0 Å². The molecule has 1 aromatic carbocycles. The third kappa shape index (κ3) is 2.24. The summed E-state index contributed by atoms with van der Waals surface area (Å²) in [5.74, 6) is -0.944. The van der Waals surface area contributed by atoms with Crippen molar-refractivity contribution in [3.05, 3.63) is 54.2 Å². The van der Waals surface area contributed by atoms with Crippen molar-refractivity contribution in [2.75, 3.05) is 6.61 Å². The molecule has 0 aliphatic carbocycles. The molecule has 106 valence electrons. The Morgan fingerprint density at radius 3 is 2.90 bits per heavy atom. The number of fused-ring (bicyclic) bond motifs is 1. The predicted octanol–water partition coefficient (Wildman–Crippen LogP) is 2.71. The molecule has 0 N–H and O–H groups in total. The van der Waals surface area contributed by atoms with Gasteiger partial charge in [-0.15, -0.1) is 0 Å². The molecule has 2 heterocycles. The Labute approximate surface area is 120 Å². The second-order valence-electron chi connectivity index (χ2n) is 4.33. The smallest absolute Gasteiger partial charge is 0.338 e. The third-order valence-electron chi connectivity index (χ3n) is 3.09. The van der Waals surface area contributed by atoms with Gasteiger partial charge in [0.15, 0.2) is 5.65 Å². The molecule has 6 heteroatoms. The van der Waals surface area contributed by atoms with Crippen molar-refractivity contribution in [3.8, 4) is 11.1 Å². The number of nitrogens with zero attached hydrogens (tertiary/aromatic N) is 3. The van der Waals surface area contributed by atoms with Crippen LogP contribution in [-0.4, -0.2) is 27.2 Å². The fourth-order valence-electron chi connectivity index (χ4n) is 2.20. The second-order valence-corrected chi connectivity index (χ2v) is 4.33. The number of benzene rings is 1. The van der Waals surface area contributed by atoms with Gasteiger partial charge in [-0.2, -0.15) is 5.10 Å². The van der Waals surface area contributed by atoms with Gasteiger partial charge in [-0.3, -0.25) is 0 Å². The fourth-order valence-corrected chi connectivity index (χ4v) is 2.20. The molecule has 21 heavy (non-hydrogen) atoms. The Morgan fingerprint density at radius 2 is 2.14 bits per heavy atom. The Balaban J connectivity index is 2.32. The van der Waals surface area contributed by atoms with Crippen LogP contribution in [0, 0.1) is 5.82 Å². The van der Waals surface area contributed by atoms with Gasteiger partial charge in [0, 0.05) is 17.3 Å². The zero-order valence-corrected chi connectivity index (χ0v) is 11.3.